The van der Waals surface area contributed by atoms with E-state index in [9.17, 15) is 17.6 Å². The van der Waals surface area contributed by atoms with Gasteiger partial charge >= 0.3 is 0 Å². The molecule has 134 valence electrons. The molecule has 25 heavy (non-hydrogen) atoms. The second-order valence-electron chi connectivity index (χ2n) is 5.82. The third-order valence-electron chi connectivity index (χ3n) is 3.77. The van der Waals surface area contributed by atoms with E-state index in [2.05, 4.69) is 5.32 Å². The predicted octanol–water partition coefficient (Wildman–Crippen LogP) is 2.46. The third-order valence-corrected chi connectivity index (χ3v) is 4.97. The fourth-order valence-electron chi connectivity index (χ4n) is 2.38. The van der Waals surface area contributed by atoms with Crippen LogP contribution in [0.1, 0.15) is 24.1 Å². The average Bonchev–Trinajstić information content (AvgIpc) is 2.56. The zero-order chi connectivity index (χ0) is 18.4. The van der Waals surface area contributed by atoms with Crippen molar-refractivity contribution < 1.29 is 17.6 Å². The SMILES string of the molecule is C[C@@H](NC(=O)CN(Cc1ccccc1F)S(C)(=O)=O)c1ccccc1. The van der Waals surface area contributed by atoms with Gasteiger partial charge in [-0.3, -0.25) is 4.79 Å². The zero-order valence-corrected chi connectivity index (χ0v) is 15.0. The highest BCUT2D eigenvalue weighted by molar-refractivity contribution is 7.88. The lowest BCUT2D eigenvalue weighted by Crippen LogP contribution is -2.40. The molecule has 0 fully saturated rings. The van der Waals surface area contributed by atoms with Crippen molar-refractivity contribution in [2.45, 2.75) is 19.5 Å². The first-order valence-corrected chi connectivity index (χ1v) is 9.65. The maximum atomic E-state index is 13.8. The van der Waals surface area contributed by atoms with Gasteiger partial charge in [0.15, 0.2) is 0 Å². The van der Waals surface area contributed by atoms with Crippen molar-refractivity contribution in [1.29, 1.82) is 0 Å². The van der Waals surface area contributed by atoms with Gasteiger partial charge in [0.25, 0.3) is 0 Å². The predicted molar refractivity (Wildman–Crippen MR) is 94.7 cm³/mol. The van der Waals surface area contributed by atoms with Crippen molar-refractivity contribution in [3.63, 3.8) is 0 Å². The van der Waals surface area contributed by atoms with Crippen LogP contribution in [-0.2, 0) is 21.4 Å². The number of hydrogen-bond donors (Lipinski definition) is 1. The van der Waals surface area contributed by atoms with Crippen LogP contribution in [0.25, 0.3) is 0 Å². The summed E-state index contributed by atoms with van der Waals surface area (Å²) in [5.41, 5.74) is 1.13. The maximum Gasteiger partial charge on any atom is 0.235 e. The first-order chi connectivity index (χ1) is 11.8. The van der Waals surface area contributed by atoms with Gasteiger partial charge in [-0.2, -0.15) is 4.31 Å². The molecule has 0 spiro atoms. The summed E-state index contributed by atoms with van der Waals surface area (Å²) in [7, 11) is -3.67. The van der Waals surface area contributed by atoms with E-state index in [1.54, 1.807) is 6.07 Å². The third kappa shape index (κ3) is 5.65. The van der Waals surface area contributed by atoms with Gasteiger partial charge in [-0.05, 0) is 18.6 Å². The summed E-state index contributed by atoms with van der Waals surface area (Å²) in [6.07, 6.45) is 1.00. The van der Waals surface area contributed by atoms with Crippen LogP contribution in [0.4, 0.5) is 4.39 Å². The Hall–Kier alpha value is -2.25. The number of nitrogens with zero attached hydrogens (tertiary/aromatic N) is 1. The van der Waals surface area contributed by atoms with E-state index in [1.807, 2.05) is 37.3 Å². The van der Waals surface area contributed by atoms with Crippen molar-refractivity contribution in [2.75, 3.05) is 12.8 Å². The highest BCUT2D eigenvalue weighted by Crippen LogP contribution is 2.14. The standard InChI is InChI=1S/C18H21FN2O3S/c1-14(15-8-4-3-5-9-15)20-18(22)13-21(25(2,23)24)12-16-10-6-7-11-17(16)19/h3-11,14H,12-13H2,1-2H3,(H,20,22)/t14-/m1/s1. The Morgan fingerprint density at radius 2 is 1.72 bits per heavy atom. The van der Waals surface area contributed by atoms with Gasteiger partial charge in [-0.1, -0.05) is 48.5 Å². The molecule has 1 N–H and O–H groups in total. The lowest BCUT2D eigenvalue weighted by atomic mass is 10.1. The topological polar surface area (TPSA) is 66.5 Å². The first kappa shape index (κ1) is 19.1. The summed E-state index contributed by atoms with van der Waals surface area (Å²) in [6.45, 7) is 1.25. The number of hydrogen-bond acceptors (Lipinski definition) is 3. The van der Waals surface area contributed by atoms with E-state index in [-0.39, 0.29) is 24.7 Å². The molecule has 0 saturated carbocycles. The van der Waals surface area contributed by atoms with E-state index >= 15 is 0 Å². The molecule has 1 atom stereocenters. The summed E-state index contributed by atoms with van der Waals surface area (Å²) in [4.78, 5) is 12.2. The van der Waals surface area contributed by atoms with Crippen LogP contribution in [0.5, 0.6) is 0 Å². The molecule has 7 heteroatoms. The lowest BCUT2D eigenvalue weighted by Gasteiger charge is -2.21. The smallest absolute Gasteiger partial charge is 0.235 e. The Bertz CT molecular complexity index is 825. The zero-order valence-electron chi connectivity index (χ0n) is 14.1. The molecular formula is C18H21FN2O3S. The number of nitrogens with one attached hydrogen (secondary N) is 1. The van der Waals surface area contributed by atoms with Crippen LogP contribution in [0.2, 0.25) is 0 Å². The van der Waals surface area contributed by atoms with Crippen LogP contribution < -0.4 is 5.32 Å². The molecule has 0 aliphatic heterocycles. The summed E-state index contributed by atoms with van der Waals surface area (Å²) in [5, 5.41) is 2.76. The van der Waals surface area contributed by atoms with Crippen LogP contribution in [0, 0.1) is 5.82 Å². The molecule has 0 heterocycles. The van der Waals surface area contributed by atoms with Crippen molar-refractivity contribution in [3.05, 3.63) is 71.5 Å². The number of carbonyl (C=O) groups excluding carboxylic acids is 1. The molecule has 2 aromatic carbocycles. The monoisotopic (exact) mass is 364 g/mol. The van der Waals surface area contributed by atoms with Gasteiger partial charge < -0.3 is 5.32 Å². The number of halogens is 1. The van der Waals surface area contributed by atoms with Gasteiger partial charge in [-0.25, -0.2) is 12.8 Å². The molecule has 5 nitrogen and oxygen atoms in total. The molecule has 1 amide bonds. The normalized spacial score (nSPS) is 12.8. The first-order valence-electron chi connectivity index (χ1n) is 7.80. The number of carbonyl (C=O) groups is 1. The van der Waals surface area contributed by atoms with Crippen molar-refractivity contribution in [3.8, 4) is 0 Å². The Balaban J connectivity index is 2.07. The molecule has 2 rings (SSSR count). The molecule has 0 radical (unpaired) electrons. The number of amides is 1. The summed E-state index contributed by atoms with van der Waals surface area (Å²) in [6, 6.07) is 15.0. The average molecular weight is 364 g/mol. The summed E-state index contributed by atoms with van der Waals surface area (Å²) >= 11 is 0. The molecule has 0 unspecified atom stereocenters. The second kappa shape index (κ2) is 8.22. The number of rotatable bonds is 7. The molecule has 0 saturated heterocycles. The van der Waals surface area contributed by atoms with Gasteiger partial charge in [0.2, 0.25) is 15.9 Å². The van der Waals surface area contributed by atoms with Crippen molar-refractivity contribution in [2.24, 2.45) is 0 Å². The molecule has 0 aliphatic carbocycles. The molecular weight excluding hydrogens is 343 g/mol. The Kier molecular flexibility index (Phi) is 6.27. The lowest BCUT2D eigenvalue weighted by molar-refractivity contribution is -0.122. The molecule has 0 aliphatic rings. The Morgan fingerprint density at radius 3 is 2.32 bits per heavy atom. The van der Waals surface area contributed by atoms with Gasteiger partial charge in [0, 0.05) is 12.1 Å². The molecule has 2 aromatic rings. The van der Waals surface area contributed by atoms with E-state index in [0.29, 0.717) is 0 Å². The quantitative estimate of drug-likeness (QED) is 0.821. The van der Waals surface area contributed by atoms with Crippen molar-refractivity contribution >= 4 is 15.9 Å². The number of sulfonamides is 1. The minimum Gasteiger partial charge on any atom is -0.348 e. The van der Waals surface area contributed by atoms with Crippen LogP contribution in [0.15, 0.2) is 54.6 Å². The largest absolute Gasteiger partial charge is 0.348 e. The second-order valence-corrected chi connectivity index (χ2v) is 7.80. The van der Waals surface area contributed by atoms with Crippen molar-refractivity contribution in [1.82, 2.24) is 9.62 Å². The van der Waals surface area contributed by atoms with Crippen LogP contribution in [0.3, 0.4) is 0 Å². The highest BCUT2D eigenvalue weighted by atomic mass is 32.2. The van der Waals surface area contributed by atoms with Gasteiger partial charge in [-0.15, -0.1) is 0 Å². The summed E-state index contributed by atoms with van der Waals surface area (Å²) in [5.74, 6) is -0.952. The van der Waals surface area contributed by atoms with Gasteiger partial charge in [0.05, 0.1) is 18.8 Å². The van der Waals surface area contributed by atoms with Crippen LogP contribution >= 0.6 is 0 Å². The van der Waals surface area contributed by atoms with E-state index in [4.69, 9.17) is 0 Å². The Labute approximate surface area is 147 Å². The minimum atomic E-state index is -3.67. The Morgan fingerprint density at radius 1 is 1.12 bits per heavy atom. The van der Waals surface area contributed by atoms with Gasteiger partial charge in [0.1, 0.15) is 5.82 Å². The van der Waals surface area contributed by atoms with E-state index in [1.165, 1.54) is 18.2 Å². The van der Waals surface area contributed by atoms with Crippen LogP contribution in [-0.4, -0.2) is 31.4 Å². The fraction of sp³-hybridized carbons (Fsp3) is 0.278. The maximum absolute atomic E-state index is 13.8. The number of benzene rings is 2. The fourth-order valence-corrected chi connectivity index (χ4v) is 3.10. The molecule has 0 aromatic heterocycles. The minimum absolute atomic E-state index is 0.196. The molecule has 0 bridgehead atoms. The van der Waals surface area contributed by atoms with E-state index < -0.39 is 21.7 Å². The summed E-state index contributed by atoms with van der Waals surface area (Å²) < 4.78 is 38.7. The van der Waals surface area contributed by atoms with E-state index in [0.717, 1.165) is 16.1 Å². The highest BCUT2D eigenvalue weighted by Gasteiger charge is 2.22.